The Balaban J connectivity index is 1.52. The first-order valence-electron chi connectivity index (χ1n) is 11.8. The molecule has 4 nitrogen and oxygen atoms in total. The first kappa shape index (κ1) is 24.6. The van der Waals surface area contributed by atoms with Crippen LogP contribution in [0.2, 0.25) is 0 Å². The zero-order chi connectivity index (χ0) is 24.3. The van der Waals surface area contributed by atoms with Crippen molar-refractivity contribution in [3.8, 4) is 23.0 Å². The summed E-state index contributed by atoms with van der Waals surface area (Å²) in [6.07, 6.45) is 1.39. The van der Waals surface area contributed by atoms with Crippen molar-refractivity contribution in [2.75, 3.05) is 13.2 Å². The summed E-state index contributed by atoms with van der Waals surface area (Å²) in [6, 6.07) is 34.4. The molecule has 2 unspecified atom stereocenters. The second kappa shape index (κ2) is 12.8. The summed E-state index contributed by atoms with van der Waals surface area (Å²) in [6.45, 7) is 1.01. The van der Waals surface area contributed by atoms with Crippen LogP contribution in [0.1, 0.15) is 34.5 Å². The van der Waals surface area contributed by atoms with E-state index in [1.807, 2.05) is 97.1 Å². The summed E-state index contributed by atoms with van der Waals surface area (Å²) in [4.78, 5) is 0. The maximum absolute atomic E-state index is 10.6. The topological polar surface area (TPSA) is 58.9 Å². The van der Waals surface area contributed by atoms with Gasteiger partial charge in [0, 0.05) is 21.6 Å². The third kappa shape index (κ3) is 7.20. The van der Waals surface area contributed by atoms with Crippen molar-refractivity contribution in [3.05, 3.63) is 120 Å². The lowest BCUT2D eigenvalue weighted by molar-refractivity contribution is 0.306. The maximum Gasteiger partial charge on any atom is 0.119 e. The van der Waals surface area contributed by atoms with Gasteiger partial charge in [0.2, 0.25) is 0 Å². The molecule has 4 rings (SSSR count). The fourth-order valence-corrected chi connectivity index (χ4v) is 5.47. The highest BCUT2D eigenvalue weighted by atomic mass is 32.2. The quantitative estimate of drug-likeness (QED) is 0.216. The summed E-state index contributed by atoms with van der Waals surface area (Å²) < 4.78 is 12.0. The number of thioether (sulfide) groups is 1. The molecule has 0 aliphatic carbocycles. The number of benzene rings is 4. The van der Waals surface area contributed by atoms with Gasteiger partial charge in [0.05, 0.1) is 13.2 Å². The zero-order valence-corrected chi connectivity index (χ0v) is 20.3. The van der Waals surface area contributed by atoms with Gasteiger partial charge in [-0.3, -0.25) is 0 Å². The average Bonchev–Trinajstić information content (AvgIpc) is 2.89. The van der Waals surface area contributed by atoms with Crippen molar-refractivity contribution in [1.82, 2.24) is 0 Å². The van der Waals surface area contributed by atoms with Crippen LogP contribution in [0.15, 0.2) is 109 Å². The monoisotopic (exact) mass is 486 g/mol. The highest BCUT2D eigenvalue weighted by molar-refractivity contribution is 7.99. The highest BCUT2D eigenvalue weighted by Crippen LogP contribution is 2.48. The van der Waals surface area contributed by atoms with Crippen LogP contribution in [0.5, 0.6) is 23.0 Å². The van der Waals surface area contributed by atoms with Crippen molar-refractivity contribution in [1.29, 1.82) is 0 Å². The molecule has 2 N–H and O–H groups in total. The van der Waals surface area contributed by atoms with Crippen molar-refractivity contribution < 1.29 is 19.7 Å². The first-order chi connectivity index (χ1) is 17.2. The normalized spacial score (nSPS) is 12.6. The number of hydrogen-bond donors (Lipinski definition) is 2. The second-order valence-corrected chi connectivity index (χ2v) is 9.54. The van der Waals surface area contributed by atoms with Crippen molar-refractivity contribution in [2.24, 2.45) is 0 Å². The Bertz CT molecular complexity index is 1070. The van der Waals surface area contributed by atoms with E-state index in [9.17, 15) is 10.2 Å². The summed E-state index contributed by atoms with van der Waals surface area (Å²) in [5.41, 5.74) is 1.72. The summed E-state index contributed by atoms with van der Waals surface area (Å²) in [7, 11) is 0. The van der Waals surface area contributed by atoms with E-state index in [1.165, 1.54) is 0 Å². The van der Waals surface area contributed by atoms with Crippen LogP contribution in [-0.4, -0.2) is 23.4 Å². The molecular weight excluding hydrogens is 456 g/mol. The van der Waals surface area contributed by atoms with Crippen molar-refractivity contribution in [2.45, 2.75) is 23.3 Å². The molecule has 4 aromatic carbocycles. The molecular formula is C30H30O4S. The zero-order valence-electron chi connectivity index (χ0n) is 19.5. The van der Waals surface area contributed by atoms with Crippen molar-refractivity contribution >= 4 is 11.8 Å². The minimum Gasteiger partial charge on any atom is -0.508 e. The lowest BCUT2D eigenvalue weighted by Gasteiger charge is -2.25. The molecule has 0 amide bonds. The van der Waals surface area contributed by atoms with Crippen molar-refractivity contribution in [3.63, 3.8) is 0 Å². The predicted molar refractivity (Wildman–Crippen MR) is 142 cm³/mol. The van der Waals surface area contributed by atoms with E-state index < -0.39 is 0 Å². The van der Waals surface area contributed by atoms with E-state index in [2.05, 4.69) is 0 Å². The molecule has 0 aliphatic rings. The van der Waals surface area contributed by atoms with Gasteiger partial charge < -0.3 is 19.7 Å². The third-order valence-electron chi connectivity index (χ3n) is 5.68. The molecule has 180 valence electrons. The summed E-state index contributed by atoms with van der Waals surface area (Å²) in [5, 5.41) is 21.2. The maximum atomic E-state index is 10.6. The Labute approximate surface area is 211 Å². The fraction of sp³-hybridized carbons (Fsp3) is 0.200. The predicted octanol–water partition coefficient (Wildman–Crippen LogP) is 7.55. The molecule has 0 spiro atoms. The van der Waals surface area contributed by atoms with Gasteiger partial charge in [0.25, 0.3) is 0 Å². The molecule has 5 heteroatoms. The summed E-state index contributed by atoms with van der Waals surface area (Å²) in [5.74, 6) is 2.17. The Morgan fingerprint density at radius 2 is 0.886 bits per heavy atom. The average molecular weight is 487 g/mol. The molecule has 0 bridgehead atoms. The molecule has 4 aromatic rings. The molecule has 0 saturated heterocycles. The number of phenolic OH excluding ortho intramolecular Hbond substituents is 2. The van der Waals surface area contributed by atoms with Crippen LogP contribution >= 0.6 is 11.8 Å². The lowest BCUT2D eigenvalue weighted by atomic mass is 10.1. The van der Waals surface area contributed by atoms with E-state index in [0.717, 1.165) is 22.6 Å². The summed E-state index contributed by atoms with van der Waals surface area (Å²) >= 11 is 1.71. The molecule has 35 heavy (non-hydrogen) atoms. The molecule has 0 aliphatic heterocycles. The van der Waals surface area contributed by atoms with Crippen LogP contribution in [0.25, 0.3) is 0 Å². The third-order valence-corrected chi connectivity index (χ3v) is 7.32. The number of hydrogen-bond acceptors (Lipinski definition) is 5. The van der Waals surface area contributed by atoms with E-state index in [-0.39, 0.29) is 22.0 Å². The van der Waals surface area contributed by atoms with Crippen LogP contribution in [0.3, 0.4) is 0 Å². The van der Waals surface area contributed by atoms with E-state index in [4.69, 9.17) is 9.47 Å². The van der Waals surface area contributed by atoms with E-state index in [0.29, 0.717) is 26.1 Å². The van der Waals surface area contributed by atoms with Gasteiger partial charge in [0.1, 0.15) is 23.0 Å². The molecule has 2 atom stereocenters. The minimum absolute atomic E-state index is 0.0405. The smallest absolute Gasteiger partial charge is 0.119 e. The Hall–Kier alpha value is -3.57. The molecule has 0 aromatic heterocycles. The van der Waals surface area contributed by atoms with Gasteiger partial charge in [-0.05, 0) is 49.2 Å². The second-order valence-electron chi connectivity index (χ2n) is 8.13. The molecule has 0 heterocycles. The number of ether oxygens (including phenoxy) is 2. The highest BCUT2D eigenvalue weighted by Gasteiger charge is 2.24. The van der Waals surface area contributed by atoms with Crippen LogP contribution in [0, 0.1) is 0 Å². The molecule has 0 radical (unpaired) electrons. The van der Waals surface area contributed by atoms with Gasteiger partial charge in [-0.25, -0.2) is 0 Å². The largest absolute Gasteiger partial charge is 0.508 e. The molecule has 0 fully saturated rings. The fourth-order valence-electron chi connectivity index (χ4n) is 3.91. The van der Waals surface area contributed by atoms with Gasteiger partial charge in [0.15, 0.2) is 0 Å². The first-order valence-corrected chi connectivity index (χ1v) is 12.7. The van der Waals surface area contributed by atoms with Crippen LogP contribution in [-0.2, 0) is 0 Å². The number of phenols is 2. The Morgan fingerprint density at radius 3 is 1.29 bits per heavy atom. The molecule has 0 saturated carbocycles. The van der Waals surface area contributed by atoms with Crippen LogP contribution < -0.4 is 9.47 Å². The van der Waals surface area contributed by atoms with E-state index in [1.54, 1.807) is 23.9 Å². The Kier molecular flexibility index (Phi) is 8.96. The van der Waals surface area contributed by atoms with Gasteiger partial charge in [-0.2, -0.15) is 0 Å². The Morgan fingerprint density at radius 1 is 0.514 bits per heavy atom. The van der Waals surface area contributed by atoms with Gasteiger partial charge in [-0.15, -0.1) is 11.8 Å². The minimum atomic E-state index is -0.0405. The van der Waals surface area contributed by atoms with Gasteiger partial charge in [-0.1, -0.05) is 72.8 Å². The number of rotatable bonds is 12. The van der Waals surface area contributed by atoms with Crippen LogP contribution in [0.4, 0.5) is 0 Å². The standard InChI is InChI=1S/C30H30O4S/c31-27-17-9-7-15-25(27)29(19-21-33-23-11-3-1-4-12-23)35-30(26-16-8-10-18-28(26)32)20-22-34-24-13-5-2-6-14-24/h1-18,29-32H,19-22H2. The number of aromatic hydroxyl groups is 2. The van der Waals surface area contributed by atoms with Gasteiger partial charge >= 0.3 is 0 Å². The number of para-hydroxylation sites is 4. The SMILES string of the molecule is Oc1ccccc1C(CCOc1ccccc1)SC(CCOc1ccccc1)c1ccccc1O. The van der Waals surface area contributed by atoms with E-state index >= 15 is 0 Å². The lowest BCUT2D eigenvalue weighted by Crippen LogP contribution is -2.09.